The molecule has 3 heteroatoms. The summed E-state index contributed by atoms with van der Waals surface area (Å²) in [6.45, 7) is 0. The predicted octanol–water partition coefficient (Wildman–Crippen LogP) is 8.97. The van der Waals surface area contributed by atoms with Crippen LogP contribution < -0.4 is 0 Å². The summed E-state index contributed by atoms with van der Waals surface area (Å²) in [7, 11) is 0. The molecule has 0 aliphatic heterocycles. The van der Waals surface area contributed by atoms with Gasteiger partial charge in [0.05, 0.1) is 11.1 Å². The van der Waals surface area contributed by atoms with Crippen molar-refractivity contribution in [1.29, 1.82) is 5.26 Å². The molecule has 158 valence electrons. The molecule has 7 rings (SSSR count). The lowest BCUT2D eigenvalue weighted by molar-refractivity contribution is 1.51. The van der Waals surface area contributed by atoms with E-state index in [1.54, 1.807) is 0 Å². The van der Waals surface area contributed by atoms with Gasteiger partial charge in [0, 0.05) is 32.3 Å². The van der Waals surface area contributed by atoms with Gasteiger partial charge in [0.2, 0.25) is 0 Å². The van der Waals surface area contributed by atoms with Crippen LogP contribution in [0.5, 0.6) is 0 Å². The summed E-state index contributed by atoms with van der Waals surface area (Å²) in [5.41, 5.74) is 4.87. The Morgan fingerprint density at radius 2 is 1.38 bits per heavy atom. The number of nitrogens with zero attached hydrogens (tertiary/aromatic N) is 1. The van der Waals surface area contributed by atoms with Crippen LogP contribution >= 0.6 is 11.6 Å². The molecule has 0 amide bonds. The lowest BCUT2D eigenvalue weighted by Crippen LogP contribution is -1.91. The average Bonchev–Trinajstić information content (AvgIpc) is 3.25. The maximum absolute atomic E-state index is 10.5. The first-order chi connectivity index (χ1) is 16.7. The number of benzene rings is 6. The third kappa shape index (κ3) is 2.56. The van der Waals surface area contributed by atoms with E-state index in [-0.39, 0.29) is 0 Å². The van der Waals surface area contributed by atoms with Crippen molar-refractivity contribution in [3.8, 4) is 17.2 Å². The van der Waals surface area contributed by atoms with Gasteiger partial charge in [0.15, 0.2) is 0 Å². The number of rotatable bonds is 1. The number of H-pyrrole nitrogens is 1. The van der Waals surface area contributed by atoms with Crippen molar-refractivity contribution in [2.45, 2.75) is 0 Å². The van der Waals surface area contributed by atoms with Gasteiger partial charge in [-0.25, -0.2) is 0 Å². The fourth-order valence-corrected chi connectivity index (χ4v) is 5.63. The summed E-state index contributed by atoms with van der Waals surface area (Å²) in [5.74, 6) is 0. The fraction of sp³-hybridized carbons (Fsp3) is 0. The van der Waals surface area contributed by atoms with E-state index in [2.05, 4.69) is 77.8 Å². The first-order valence-corrected chi connectivity index (χ1v) is 11.6. The summed E-state index contributed by atoms with van der Waals surface area (Å²) in [6.07, 6.45) is 0. The first kappa shape index (κ1) is 19.2. The SMILES string of the molecule is N#Cc1c2c(ccc3ccccc32)c(-c2cccc3ccccc23)c2[nH]c3ccc(Cl)cc3c12. The molecule has 1 heterocycles. The van der Waals surface area contributed by atoms with Gasteiger partial charge in [-0.1, -0.05) is 90.5 Å². The smallest absolute Gasteiger partial charge is 0.101 e. The highest BCUT2D eigenvalue weighted by Crippen LogP contribution is 2.45. The van der Waals surface area contributed by atoms with Gasteiger partial charge >= 0.3 is 0 Å². The Hall–Kier alpha value is -4.32. The molecular formula is C31H17ClN2. The second-order valence-corrected chi connectivity index (χ2v) is 9.10. The fourth-order valence-electron chi connectivity index (χ4n) is 5.46. The van der Waals surface area contributed by atoms with Crippen LogP contribution in [0.3, 0.4) is 0 Å². The molecule has 0 spiro atoms. The van der Waals surface area contributed by atoms with Crippen LogP contribution in [-0.4, -0.2) is 4.98 Å². The zero-order valence-electron chi connectivity index (χ0n) is 18.1. The van der Waals surface area contributed by atoms with Crippen molar-refractivity contribution < 1.29 is 0 Å². The van der Waals surface area contributed by atoms with Gasteiger partial charge in [-0.15, -0.1) is 0 Å². The Bertz CT molecular complexity index is 1980. The van der Waals surface area contributed by atoms with Gasteiger partial charge in [-0.3, -0.25) is 0 Å². The third-order valence-corrected chi connectivity index (χ3v) is 7.11. The van der Waals surface area contributed by atoms with Crippen LogP contribution in [0.2, 0.25) is 5.02 Å². The van der Waals surface area contributed by atoms with Crippen molar-refractivity contribution >= 4 is 65.7 Å². The van der Waals surface area contributed by atoms with Crippen LogP contribution in [0.4, 0.5) is 0 Å². The van der Waals surface area contributed by atoms with Crippen LogP contribution in [0.25, 0.3) is 65.3 Å². The monoisotopic (exact) mass is 452 g/mol. The Kier molecular flexibility index (Phi) is 4.00. The number of halogens is 1. The molecule has 0 saturated carbocycles. The number of fused-ring (bicyclic) bond motifs is 7. The Balaban J connectivity index is 1.83. The highest BCUT2D eigenvalue weighted by molar-refractivity contribution is 6.33. The number of hydrogen-bond acceptors (Lipinski definition) is 1. The van der Waals surface area contributed by atoms with Crippen LogP contribution in [0.15, 0.2) is 97.1 Å². The van der Waals surface area contributed by atoms with Crippen molar-refractivity contribution in [3.05, 3.63) is 108 Å². The van der Waals surface area contributed by atoms with E-state index < -0.39 is 0 Å². The van der Waals surface area contributed by atoms with Crippen molar-refractivity contribution in [1.82, 2.24) is 4.98 Å². The van der Waals surface area contributed by atoms with E-state index in [1.807, 2.05) is 30.3 Å². The number of aromatic amines is 1. The first-order valence-electron chi connectivity index (χ1n) is 11.2. The Morgan fingerprint density at radius 3 is 2.21 bits per heavy atom. The van der Waals surface area contributed by atoms with E-state index in [9.17, 15) is 5.26 Å². The van der Waals surface area contributed by atoms with E-state index in [1.165, 1.54) is 10.8 Å². The number of nitriles is 1. The maximum atomic E-state index is 10.5. The topological polar surface area (TPSA) is 39.6 Å². The zero-order valence-corrected chi connectivity index (χ0v) is 18.8. The van der Waals surface area contributed by atoms with Crippen LogP contribution in [0, 0.1) is 11.3 Å². The van der Waals surface area contributed by atoms with Crippen LogP contribution in [-0.2, 0) is 0 Å². The molecule has 7 aromatic rings. The second-order valence-electron chi connectivity index (χ2n) is 8.66. The van der Waals surface area contributed by atoms with Crippen molar-refractivity contribution in [3.63, 3.8) is 0 Å². The lowest BCUT2D eigenvalue weighted by Gasteiger charge is -2.15. The van der Waals surface area contributed by atoms with Gasteiger partial charge < -0.3 is 4.98 Å². The summed E-state index contributed by atoms with van der Waals surface area (Å²) < 4.78 is 0. The summed E-state index contributed by atoms with van der Waals surface area (Å²) in [6, 6.07) is 35.9. The number of hydrogen-bond donors (Lipinski definition) is 1. The summed E-state index contributed by atoms with van der Waals surface area (Å²) in [4.78, 5) is 3.64. The molecule has 0 radical (unpaired) electrons. The molecule has 0 atom stereocenters. The molecule has 0 aliphatic rings. The predicted molar refractivity (Wildman–Crippen MR) is 143 cm³/mol. The molecule has 0 aliphatic carbocycles. The molecule has 0 bridgehead atoms. The molecule has 0 unspecified atom stereocenters. The Labute approximate surface area is 200 Å². The molecule has 0 fully saturated rings. The highest BCUT2D eigenvalue weighted by Gasteiger charge is 2.22. The van der Waals surface area contributed by atoms with Crippen molar-refractivity contribution in [2.24, 2.45) is 0 Å². The Morgan fingerprint density at radius 1 is 0.647 bits per heavy atom. The molecular weight excluding hydrogens is 436 g/mol. The lowest BCUT2D eigenvalue weighted by atomic mass is 9.87. The largest absolute Gasteiger partial charge is 0.354 e. The summed E-state index contributed by atoms with van der Waals surface area (Å²) in [5, 5.41) is 19.6. The maximum Gasteiger partial charge on any atom is 0.101 e. The van der Waals surface area contributed by atoms with E-state index >= 15 is 0 Å². The summed E-state index contributed by atoms with van der Waals surface area (Å²) >= 11 is 6.42. The number of nitrogens with one attached hydrogen (secondary N) is 1. The molecule has 6 aromatic carbocycles. The standard InChI is InChI=1S/C31H17ClN2/c32-20-13-15-27-25(16-20)30-26(17-33)28-22-10-4-2-7-19(22)12-14-24(28)29(31(30)34-27)23-11-5-8-18-6-1-3-9-21(18)23/h1-16,34H. The molecule has 1 aromatic heterocycles. The van der Waals surface area contributed by atoms with E-state index in [0.29, 0.717) is 10.6 Å². The van der Waals surface area contributed by atoms with E-state index in [0.717, 1.165) is 54.5 Å². The highest BCUT2D eigenvalue weighted by atomic mass is 35.5. The quantitative estimate of drug-likeness (QED) is 0.248. The average molecular weight is 453 g/mol. The van der Waals surface area contributed by atoms with Gasteiger partial charge in [0.1, 0.15) is 6.07 Å². The zero-order chi connectivity index (χ0) is 22.8. The molecule has 2 nitrogen and oxygen atoms in total. The van der Waals surface area contributed by atoms with Crippen molar-refractivity contribution in [2.75, 3.05) is 0 Å². The minimum atomic E-state index is 0.655. The van der Waals surface area contributed by atoms with Gasteiger partial charge in [0.25, 0.3) is 0 Å². The third-order valence-electron chi connectivity index (χ3n) is 6.88. The molecule has 1 N–H and O–H groups in total. The normalized spacial score (nSPS) is 11.6. The molecule has 0 saturated heterocycles. The van der Waals surface area contributed by atoms with Gasteiger partial charge in [-0.05, 0) is 50.7 Å². The molecule has 34 heavy (non-hydrogen) atoms. The van der Waals surface area contributed by atoms with Gasteiger partial charge in [-0.2, -0.15) is 5.26 Å². The second kappa shape index (κ2) is 7.09. The minimum absolute atomic E-state index is 0.655. The van der Waals surface area contributed by atoms with Crippen LogP contribution in [0.1, 0.15) is 5.56 Å². The number of aromatic nitrogens is 1. The van der Waals surface area contributed by atoms with E-state index in [4.69, 9.17) is 11.6 Å². The minimum Gasteiger partial charge on any atom is -0.354 e.